The third-order valence-corrected chi connectivity index (χ3v) is 2.20. The van der Waals surface area contributed by atoms with Crippen LogP contribution in [-0.2, 0) is 9.47 Å². The summed E-state index contributed by atoms with van der Waals surface area (Å²) in [5, 5.41) is 18.6. The van der Waals surface area contributed by atoms with E-state index in [0.29, 0.717) is 0 Å². The van der Waals surface area contributed by atoms with Gasteiger partial charge in [0.15, 0.2) is 0 Å². The van der Waals surface area contributed by atoms with Gasteiger partial charge in [-0.3, -0.25) is 0 Å². The predicted octanol–water partition coefficient (Wildman–Crippen LogP) is -0.177. The van der Waals surface area contributed by atoms with Crippen LogP contribution >= 0.6 is 0 Å². The highest BCUT2D eigenvalue weighted by Crippen LogP contribution is 2.29. The summed E-state index contributed by atoms with van der Waals surface area (Å²) >= 11 is 0. The zero-order chi connectivity index (χ0) is 9.90. The maximum absolute atomic E-state index is 9.47. The number of aliphatic hydroxyl groups is 2. The zero-order valence-corrected chi connectivity index (χ0v) is 7.35. The molecule has 1 aliphatic heterocycles. The van der Waals surface area contributed by atoms with Crippen molar-refractivity contribution in [2.75, 3.05) is 13.4 Å². The van der Waals surface area contributed by atoms with Crippen molar-refractivity contribution in [1.82, 2.24) is 0 Å². The molecule has 0 unspecified atom stereocenters. The third-order valence-electron chi connectivity index (χ3n) is 2.20. The van der Waals surface area contributed by atoms with Gasteiger partial charge < -0.3 is 19.7 Å². The van der Waals surface area contributed by atoms with Crippen LogP contribution in [0.1, 0.15) is 0 Å². The van der Waals surface area contributed by atoms with Crippen molar-refractivity contribution in [2.24, 2.45) is 0 Å². The van der Waals surface area contributed by atoms with Gasteiger partial charge in [0, 0.05) is 0 Å². The van der Waals surface area contributed by atoms with Crippen molar-refractivity contribution in [3.8, 4) is 0 Å². The molecule has 0 bridgehead atoms. The second-order valence-electron chi connectivity index (χ2n) is 2.89. The predicted molar refractivity (Wildman–Crippen MR) is 47.0 cm³/mol. The van der Waals surface area contributed by atoms with E-state index in [1.165, 1.54) is 12.2 Å². The number of ether oxygens (including phenoxy) is 2. The molecular weight excluding hydrogens is 172 g/mol. The molecule has 0 aromatic carbocycles. The summed E-state index contributed by atoms with van der Waals surface area (Å²) in [6, 6.07) is 0. The van der Waals surface area contributed by atoms with E-state index < -0.39 is 17.8 Å². The molecule has 0 aliphatic carbocycles. The van der Waals surface area contributed by atoms with Crippen molar-refractivity contribution in [3.05, 3.63) is 25.3 Å². The average Bonchev–Trinajstić information content (AvgIpc) is 2.60. The van der Waals surface area contributed by atoms with Crippen LogP contribution in [0.5, 0.6) is 0 Å². The molecule has 0 aromatic rings. The smallest absolute Gasteiger partial charge is 0.148 e. The molecule has 0 spiro atoms. The van der Waals surface area contributed by atoms with Crippen LogP contribution in [0, 0.1) is 0 Å². The van der Waals surface area contributed by atoms with Crippen LogP contribution in [0.2, 0.25) is 0 Å². The van der Waals surface area contributed by atoms with Crippen LogP contribution in [0.4, 0.5) is 0 Å². The van der Waals surface area contributed by atoms with Crippen molar-refractivity contribution in [1.29, 1.82) is 0 Å². The normalized spacial score (nSPS) is 35.7. The van der Waals surface area contributed by atoms with E-state index in [2.05, 4.69) is 13.2 Å². The lowest BCUT2D eigenvalue weighted by atomic mass is 9.93. The quantitative estimate of drug-likeness (QED) is 0.598. The lowest BCUT2D eigenvalue weighted by Gasteiger charge is -2.28. The Morgan fingerprint density at radius 3 is 2.77 bits per heavy atom. The molecule has 4 nitrogen and oxygen atoms in total. The Labute approximate surface area is 77.1 Å². The van der Waals surface area contributed by atoms with Crippen LogP contribution in [0.3, 0.4) is 0 Å². The molecule has 1 fully saturated rings. The van der Waals surface area contributed by atoms with Crippen LogP contribution in [-0.4, -0.2) is 41.4 Å². The Morgan fingerprint density at radius 2 is 2.31 bits per heavy atom. The van der Waals surface area contributed by atoms with Gasteiger partial charge in [0.05, 0.1) is 6.61 Å². The van der Waals surface area contributed by atoms with Crippen molar-refractivity contribution in [3.63, 3.8) is 0 Å². The fourth-order valence-electron chi connectivity index (χ4n) is 1.33. The maximum atomic E-state index is 9.47. The molecule has 2 N–H and O–H groups in total. The van der Waals surface area contributed by atoms with E-state index in [4.69, 9.17) is 14.6 Å². The molecule has 0 radical (unpaired) electrons. The fourth-order valence-corrected chi connectivity index (χ4v) is 1.33. The topological polar surface area (TPSA) is 58.9 Å². The molecule has 3 atom stereocenters. The van der Waals surface area contributed by atoms with Gasteiger partial charge in [-0.05, 0) is 0 Å². The second kappa shape index (κ2) is 4.02. The van der Waals surface area contributed by atoms with E-state index in [1.54, 1.807) is 0 Å². The van der Waals surface area contributed by atoms with E-state index in [-0.39, 0.29) is 13.4 Å². The molecule has 0 saturated carbocycles. The van der Waals surface area contributed by atoms with Gasteiger partial charge in [-0.25, -0.2) is 0 Å². The molecule has 1 saturated heterocycles. The molecular formula is C9H14O4. The number of hydrogen-bond acceptors (Lipinski definition) is 4. The Bertz CT molecular complexity index is 204. The lowest BCUT2D eigenvalue weighted by molar-refractivity contribution is -0.0266. The van der Waals surface area contributed by atoms with Gasteiger partial charge in [0.2, 0.25) is 0 Å². The number of hydrogen-bond donors (Lipinski definition) is 2. The molecule has 13 heavy (non-hydrogen) atoms. The third kappa shape index (κ3) is 1.66. The second-order valence-corrected chi connectivity index (χ2v) is 2.89. The summed E-state index contributed by atoms with van der Waals surface area (Å²) in [5.74, 6) is 0. The first-order valence-corrected chi connectivity index (χ1v) is 4.01. The lowest BCUT2D eigenvalue weighted by Crippen LogP contribution is -2.47. The minimum Gasteiger partial charge on any atom is -0.393 e. The summed E-state index contributed by atoms with van der Waals surface area (Å²) in [4.78, 5) is 0. The minimum atomic E-state index is -1.01. The Morgan fingerprint density at radius 1 is 1.62 bits per heavy atom. The van der Waals surface area contributed by atoms with Gasteiger partial charge in [0.25, 0.3) is 0 Å². The van der Waals surface area contributed by atoms with Gasteiger partial charge >= 0.3 is 0 Å². The minimum absolute atomic E-state index is 0.0438. The largest absolute Gasteiger partial charge is 0.393 e. The Hall–Kier alpha value is -0.680. The van der Waals surface area contributed by atoms with E-state index in [0.717, 1.165) is 0 Å². The highest BCUT2D eigenvalue weighted by atomic mass is 16.7. The highest BCUT2D eigenvalue weighted by Gasteiger charge is 2.45. The molecule has 74 valence electrons. The zero-order valence-electron chi connectivity index (χ0n) is 7.35. The van der Waals surface area contributed by atoms with Crippen molar-refractivity contribution in [2.45, 2.75) is 17.8 Å². The van der Waals surface area contributed by atoms with Gasteiger partial charge in [0.1, 0.15) is 24.6 Å². The van der Waals surface area contributed by atoms with E-state index >= 15 is 0 Å². The fraction of sp³-hybridized carbons (Fsp3) is 0.556. The first-order chi connectivity index (χ1) is 6.20. The summed E-state index contributed by atoms with van der Waals surface area (Å²) < 4.78 is 10.3. The van der Waals surface area contributed by atoms with Crippen molar-refractivity contribution < 1.29 is 19.7 Å². The summed E-state index contributed by atoms with van der Waals surface area (Å²) in [7, 11) is 0. The molecule has 1 rings (SSSR count). The molecule has 0 aromatic heterocycles. The Balaban J connectivity index is 2.82. The standard InChI is InChI=1S/C9H14O4/c1-3-7(11)8-9(4-2,5-10)13-6-12-8/h3-4,7-8,10-11H,1-2,5-6H2/t7-,8-,9+/m0/s1. The first kappa shape index (κ1) is 10.4. The van der Waals surface area contributed by atoms with Crippen LogP contribution in [0.25, 0.3) is 0 Å². The summed E-state index contributed by atoms with van der Waals surface area (Å²) in [5.41, 5.74) is -1.01. The monoisotopic (exact) mass is 186 g/mol. The molecule has 1 aliphatic rings. The number of aliphatic hydroxyl groups excluding tert-OH is 2. The summed E-state index contributed by atoms with van der Waals surface area (Å²) in [6.07, 6.45) is 1.28. The van der Waals surface area contributed by atoms with E-state index in [1.807, 2.05) is 0 Å². The van der Waals surface area contributed by atoms with Gasteiger partial charge in [-0.1, -0.05) is 12.2 Å². The highest BCUT2D eigenvalue weighted by molar-refractivity contribution is 5.10. The molecule has 1 heterocycles. The Kier molecular flexibility index (Phi) is 3.22. The maximum Gasteiger partial charge on any atom is 0.148 e. The molecule has 4 heteroatoms. The van der Waals surface area contributed by atoms with Crippen molar-refractivity contribution >= 4 is 0 Å². The molecule has 0 amide bonds. The SMILES string of the molecule is C=C[C@H](O)[C@@H]1OCO[C@]1(C=C)CO. The van der Waals surface area contributed by atoms with Gasteiger partial charge in [-0.2, -0.15) is 0 Å². The van der Waals surface area contributed by atoms with Crippen LogP contribution in [0.15, 0.2) is 25.3 Å². The van der Waals surface area contributed by atoms with Gasteiger partial charge in [-0.15, -0.1) is 13.2 Å². The first-order valence-electron chi connectivity index (χ1n) is 4.01. The van der Waals surface area contributed by atoms with Crippen LogP contribution < -0.4 is 0 Å². The van der Waals surface area contributed by atoms with E-state index in [9.17, 15) is 5.11 Å². The average molecular weight is 186 g/mol. The summed E-state index contributed by atoms with van der Waals surface area (Å²) in [6.45, 7) is 6.75. The number of rotatable bonds is 4.